The molecule has 1 aliphatic carbocycles. The third-order valence-corrected chi connectivity index (χ3v) is 8.32. The number of sulfonamides is 1. The van der Waals surface area contributed by atoms with Crippen molar-refractivity contribution in [2.75, 3.05) is 25.0 Å². The van der Waals surface area contributed by atoms with Crippen molar-refractivity contribution in [1.82, 2.24) is 14.3 Å². The summed E-state index contributed by atoms with van der Waals surface area (Å²) in [6.45, 7) is 1.97. The molecule has 0 atom stereocenters. The summed E-state index contributed by atoms with van der Waals surface area (Å²) in [6.07, 6.45) is 10.1. The summed E-state index contributed by atoms with van der Waals surface area (Å²) in [5.74, 6) is 0.703. The first kappa shape index (κ1) is 18.8. The molecule has 2 aromatic rings. The number of nitrogens with one attached hydrogen (secondary N) is 1. The molecule has 0 radical (unpaired) electrons. The molecule has 0 unspecified atom stereocenters. The van der Waals surface area contributed by atoms with Crippen molar-refractivity contribution in [2.24, 2.45) is 0 Å². The Morgan fingerprint density at radius 3 is 2.63 bits per heavy atom. The SMILES string of the molecule is O=S(=O)(c1ccc(NCCc2nc3c(s2)CCCC3)nc1)N1CCCCC1. The van der Waals surface area contributed by atoms with Crippen LogP contribution in [0.5, 0.6) is 0 Å². The van der Waals surface area contributed by atoms with Gasteiger partial charge >= 0.3 is 0 Å². The van der Waals surface area contributed by atoms with Gasteiger partial charge in [-0.15, -0.1) is 11.3 Å². The van der Waals surface area contributed by atoms with Crippen LogP contribution in [-0.4, -0.2) is 42.3 Å². The molecule has 4 rings (SSSR count). The van der Waals surface area contributed by atoms with Crippen LogP contribution in [0.4, 0.5) is 5.82 Å². The predicted molar refractivity (Wildman–Crippen MR) is 108 cm³/mol. The Morgan fingerprint density at radius 2 is 1.89 bits per heavy atom. The van der Waals surface area contributed by atoms with Crippen LogP contribution in [0.2, 0.25) is 0 Å². The Morgan fingerprint density at radius 1 is 1.07 bits per heavy atom. The molecule has 1 fully saturated rings. The standard InChI is InChI=1S/C19H26N4O2S2/c24-27(25,23-12-4-1-5-13-23)15-8-9-18(21-14-15)20-11-10-19-22-16-6-2-3-7-17(16)26-19/h8-9,14H,1-7,10-13H2,(H,20,21). The van der Waals surface area contributed by atoms with Crippen LogP contribution in [0, 0.1) is 0 Å². The summed E-state index contributed by atoms with van der Waals surface area (Å²) in [4.78, 5) is 10.8. The molecule has 1 saturated heterocycles. The number of hydrogen-bond acceptors (Lipinski definition) is 6. The molecule has 8 heteroatoms. The Hall–Kier alpha value is -1.51. The number of thiazole rings is 1. The Balaban J connectivity index is 1.33. The lowest BCUT2D eigenvalue weighted by atomic mass is 10.0. The summed E-state index contributed by atoms with van der Waals surface area (Å²) in [7, 11) is -3.41. The van der Waals surface area contributed by atoms with Crippen molar-refractivity contribution in [3.63, 3.8) is 0 Å². The molecule has 0 spiro atoms. The zero-order valence-corrected chi connectivity index (χ0v) is 17.1. The molecule has 27 heavy (non-hydrogen) atoms. The maximum Gasteiger partial charge on any atom is 0.244 e. The highest BCUT2D eigenvalue weighted by Gasteiger charge is 2.26. The van der Waals surface area contributed by atoms with Gasteiger partial charge in [-0.3, -0.25) is 0 Å². The van der Waals surface area contributed by atoms with Crippen LogP contribution in [0.15, 0.2) is 23.2 Å². The second-order valence-corrected chi connectivity index (χ2v) is 10.3. The number of aromatic nitrogens is 2. The molecule has 0 amide bonds. The number of aryl methyl sites for hydroxylation is 2. The fourth-order valence-corrected chi connectivity index (χ4v) is 6.32. The van der Waals surface area contributed by atoms with Crippen LogP contribution in [-0.2, 0) is 29.3 Å². The van der Waals surface area contributed by atoms with E-state index in [0.717, 1.165) is 38.6 Å². The first-order valence-electron chi connectivity index (χ1n) is 9.80. The first-order chi connectivity index (χ1) is 13.1. The van der Waals surface area contributed by atoms with Crippen LogP contribution in [0.25, 0.3) is 0 Å². The van der Waals surface area contributed by atoms with E-state index in [0.29, 0.717) is 18.9 Å². The molecule has 146 valence electrons. The molecule has 0 bridgehead atoms. The van der Waals surface area contributed by atoms with Crippen molar-refractivity contribution in [1.29, 1.82) is 0 Å². The zero-order valence-electron chi connectivity index (χ0n) is 15.5. The van der Waals surface area contributed by atoms with Gasteiger partial charge in [0.1, 0.15) is 10.7 Å². The van der Waals surface area contributed by atoms with Gasteiger partial charge in [-0.2, -0.15) is 4.31 Å². The molecule has 0 saturated carbocycles. The first-order valence-corrected chi connectivity index (χ1v) is 12.1. The van der Waals surface area contributed by atoms with Gasteiger partial charge in [0, 0.05) is 37.1 Å². The lowest BCUT2D eigenvalue weighted by Crippen LogP contribution is -2.35. The molecular weight excluding hydrogens is 380 g/mol. The van der Waals surface area contributed by atoms with E-state index in [1.165, 1.54) is 41.0 Å². The average molecular weight is 407 g/mol. The largest absolute Gasteiger partial charge is 0.370 e. The van der Waals surface area contributed by atoms with Gasteiger partial charge in [0.15, 0.2) is 0 Å². The van der Waals surface area contributed by atoms with E-state index in [-0.39, 0.29) is 4.90 Å². The van der Waals surface area contributed by atoms with Crippen molar-refractivity contribution in [3.05, 3.63) is 33.9 Å². The fourth-order valence-electron chi connectivity index (χ4n) is 3.70. The fraction of sp³-hybridized carbons (Fsp3) is 0.579. The third kappa shape index (κ3) is 4.33. The van der Waals surface area contributed by atoms with E-state index < -0.39 is 10.0 Å². The number of hydrogen-bond donors (Lipinski definition) is 1. The minimum absolute atomic E-state index is 0.280. The smallest absolute Gasteiger partial charge is 0.244 e. The van der Waals surface area contributed by atoms with Crippen LogP contribution >= 0.6 is 11.3 Å². The van der Waals surface area contributed by atoms with Crippen molar-refractivity contribution in [3.8, 4) is 0 Å². The quantitative estimate of drug-likeness (QED) is 0.797. The van der Waals surface area contributed by atoms with E-state index in [4.69, 9.17) is 4.98 Å². The second kappa shape index (κ2) is 8.24. The molecule has 6 nitrogen and oxygen atoms in total. The molecule has 1 N–H and O–H groups in total. The third-order valence-electron chi connectivity index (χ3n) is 5.22. The Bertz CT molecular complexity index is 848. The number of fused-ring (bicyclic) bond motifs is 1. The number of nitrogens with zero attached hydrogens (tertiary/aromatic N) is 3. The molecule has 2 aromatic heterocycles. The van der Waals surface area contributed by atoms with Crippen LogP contribution in [0.3, 0.4) is 0 Å². The molecular formula is C19H26N4O2S2. The zero-order chi connectivity index (χ0) is 18.7. The van der Waals surface area contributed by atoms with Crippen molar-refractivity contribution < 1.29 is 8.42 Å². The maximum atomic E-state index is 12.7. The number of anilines is 1. The van der Waals surface area contributed by atoms with E-state index in [2.05, 4.69) is 10.3 Å². The van der Waals surface area contributed by atoms with Gasteiger partial charge < -0.3 is 5.32 Å². The average Bonchev–Trinajstić information content (AvgIpc) is 3.12. The lowest BCUT2D eigenvalue weighted by molar-refractivity contribution is 0.346. The van der Waals surface area contributed by atoms with E-state index >= 15 is 0 Å². The summed E-state index contributed by atoms with van der Waals surface area (Å²) in [5.41, 5.74) is 1.30. The summed E-state index contributed by atoms with van der Waals surface area (Å²) < 4.78 is 26.9. The Labute approximate surface area is 165 Å². The van der Waals surface area contributed by atoms with E-state index in [1.807, 2.05) is 11.3 Å². The van der Waals surface area contributed by atoms with Gasteiger partial charge in [-0.05, 0) is 50.7 Å². The minimum Gasteiger partial charge on any atom is -0.370 e. The van der Waals surface area contributed by atoms with E-state index in [9.17, 15) is 8.42 Å². The second-order valence-electron chi connectivity index (χ2n) is 7.21. The van der Waals surface area contributed by atoms with Gasteiger partial charge in [-0.1, -0.05) is 6.42 Å². The van der Waals surface area contributed by atoms with E-state index in [1.54, 1.807) is 16.4 Å². The highest BCUT2D eigenvalue weighted by molar-refractivity contribution is 7.89. The monoisotopic (exact) mass is 406 g/mol. The van der Waals surface area contributed by atoms with Crippen molar-refractivity contribution in [2.45, 2.75) is 56.3 Å². The molecule has 0 aromatic carbocycles. The van der Waals surface area contributed by atoms with Gasteiger partial charge in [-0.25, -0.2) is 18.4 Å². The van der Waals surface area contributed by atoms with Gasteiger partial charge in [0.05, 0.1) is 10.7 Å². The maximum absolute atomic E-state index is 12.7. The van der Waals surface area contributed by atoms with Gasteiger partial charge in [0.25, 0.3) is 0 Å². The van der Waals surface area contributed by atoms with Crippen LogP contribution in [0.1, 0.15) is 47.7 Å². The van der Waals surface area contributed by atoms with Crippen molar-refractivity contribution >= 4 is 27.2 Å². The highest BCUT2D eigenvalue weighted by Crippen LogP contribution is 2.27. The summed E-state index contributed by atoms with van der Waals surface area (Å²) in [5, 5.41) is 4.46. The summed E-state index contributed by atoms with van der Waals surface area (Å²) in [6, 6.07) is 3.41. The normalized spacial score (nSPS) is 18.2. The molecule has 2 aliphatic rings. The predicted octanol–water partition coefficient (Wildman–Crippen LogP) is 3.25. The molecule has 3 heterocycles. The molecule has 1 aliphatic heterocycles. The number of rotatable bonds is 6. The lowest BCUT2D eigenvalue weighted by Gasteiger charge is -2.25. The van der Waals surface area contributed by atoms with Crippen LogP contribution < -0.4 is 5.32 Å². The topological polar surface area (TPSA) is 75.2 Å². The summed E-state index contributed by atoms with van der Waals surface area (Å²) >= 11 is 1.84. The Kier molecular flexibility index (Phi) is 5.75. The van der Waals surface area contributed by atoms with Gasteiger partial charge in [0.2, 0.25) is 10.0 Å². The highest BCUT2D eigenvalue weighted by atomic mass is 32.2. The minimum atomic E-state index is -3.41. The number of piperidine rings is 1. The number of pyridine rings is 1.